The molecule has 2 aromatic heterocycles. The topological polar surface area (TPSA) is 66.4 Å². The molecule has 4 aliphatic heterocycles. The minimum atomic E-state index is -0.790. The van der Waals surface area contributed by atoms with Gasteiger partial charge in [-0.05, 0) is 67.6 Å². The van der Waals surface area contributed by atoms with E-state index in [1.165, 1.54) is 29.2 Å². The molecule has 4 atom stereocenters. The minimum Gasteiger partial charge on any atom is -0.461 e. The van der Waals surface area contributed by atoms with Gasteiger partial charge in [-0.25, -0.2) is 9.37 Å². The smallest absolute Gasteiger partial charge is 0.320 e. The van der Waals surface area contributed by atoms with Crippen LogP contribution in [0.3, 0.4) is 0 Å². The fourth-order valence-electron chi connectivity index (χ4n) is 7.79. The molecule has 7 nitrogen and oxygen atoms in total. The predicted molar refractivity (Wildman–Crippen MR) is 158 cm³/mol. The molecule has 4 saturated heterocycles. The number of alkyl halides is 1. The van der Waals surface area contributed by atoms with E-state index in [1.807, 2.05) is 0 Å². The lowest BCUT2D eigenvalue weighted by atomic mass is 9.95. The standard InChI is InChI=1S/C32H35FN6O.H2/c1-20-5-2-6-21-7-3-8-25(28(20)21)27-12-11-26-29(35-27)36-31(37-30(26)38-17-23-9-10-24(18-38)34-23)40-19-32-13-4-14-39(32)16-22(33)15-32;/h2-3,5-8,11-12,22-24,34H,4,9-10,13-19H2,1H3;1H/t22-,23?,24?,32?;/m1./s1. The van der Waals surface area contributed by atoms with Gasteiger partial charge in [-0.3, -0.25) is 4.90 Å². The van der Waals surface area contributed by atoms with Crippen LogP contribution < -0.4 is 15.0 Å². The lowest BCUT2D eigenvalue weighted by molar-refractivity contribution is 0.107. The maximum atomic E-state index is 14.4. The number of nitrogens with one attached hydrogen (secondary N) is 1. The van der Waals surface area contributed by atoms with Crippen LogP contribution in [-0.2, 0) is 0 Å². The Morgan fingerprint density at radius 3 is 2.70 bits per heavy atom. The molecule has 8 heteroatoms. The number of ether oxygens (including phenoxy) is 1. The van der Waals surface area contributed by atoms with Crippen LogP contribution in [0.1, 0.15) is 39.1 Å². The number of hydrogen-bond donors (Lipinski definition) is 1. The number of nitrogens with zero attached hydrogens (tertiary/aromatic N) is 5. The van der Waals surface area contributed by atoms with Gasteiger partial charge in [0.2, 0.25) is 0 Å². The summed E-state index contributed by atoms with van der Waals surface area (Å²) in [7, 11) is 0. The number of benzene rings is 2. The highest BCUT2D eigenvalue weighted by molar-refractivity contribution is 5.99. The van der Waals surface area contributed by atoms with Crippen molar-refractivity contribution in [3.05, 3.63) is 54.1 Å². The molecule has 0 saturated carbocycles. The Morgan fingerprint density at radius 1 is 1.02 bits per heavy atom. The van der Waals surface area contributed by atoms with Gasteiger partial charge in [0.15, 0.2) is 5.65 Å². The molecule has 4 aliphatic rings. The molecule has 208 valence electrons. The first-order valence-electron chi connectivity index (χ1n) is 14.8. The van der Waals surface area contributed by atoms with Gasteiger partial charge < -0.3 is 15.0 Å². The van der Waals surface area contributed by atoms with Gasteiger partial charge in [-0.15, -0.1) is 0 Å². The van der Waals surface area contributed by atoms with Crippen molar-refractivity contribution >= 4 is 27.6 Å². The molecular formula is C32H37FN6O. The van der Waals surface area contributed by atoms with E-state index in [0.717, 1.165) is 54.9 Å². The molecule has 8 rings (SSSR count). The van der Waals surface area contributed by atoms with Crippen LogP contribution in [0.25, 0.3) is 33.1 Å². The van der Waals surface area contributed by atoms with Crippen LogP contribution in [-0.4, -0.2) is 76.4 Å². The van der Waals surface area contributed by atoms with Gasteiger partial charge in [0.05, 0.1) is 16.6 Å². The van der Waals surface area contributed by atoms with Crippen LogP contribution in [0.2, 0.25) is 0 Å². The van der Waals surface area contributed by atoms with E-state index < -0.39 is 6.17 Å². The number of halogens is 1. The summed E-state index contributed by atoms with van der Waals surface area (Å²) >= 11 is 0. The molecular weight excluding hydrogens is 503 g/mol. The van der Waals surface area contributed by atoms with Gasteiger partial charge in [0.1, 0.15) is 18.6 Å². The first-order chi connectivity index (χ1) is 19.5. The fourth-order valence-corrected chi connectivity index (χ4v) is 7.79. The van der Waals surface area contributed by atoms with Crippen molar-refractivity contribution in [1.29, 1.82) is 0 Å². The summed E-state index contributed by atoms with van der Waals surface area (Å²) in [6.07, 6.45) is 4.16. The number of rotatable bonds is 5. The second kappa shape index (κ2) is 9.35. The lowest BCUT2D eigenvalue weighted by Gasteiger charge is -2.34. The zero-order valence-electron chi connectivity index (χ0n) is 22.9. The first-order valence-corrected chi connectivity index (χ1v) is 14.8. The van der Waals surface area contributed by atoms with Crippen LogP contribution in [0.5, 0.6) is 6.01 Å². The Kier molecular flexibility index (Phi) is 5.71. The summed E-state index contributed by atoms with van der Waals surface area (Å²) in [6.45, 7) is 5.82. The number of hydrogen-bond acceptors (Lipinski definition) is 7. The third-order valence-electron chi connectivity index (χ3n) is 9.66. The van der Waals surface area contributed by atoms with Crippen molar-refractivity contribution in [2.45, 2.75) is 62.8 Å². The highest BCUT2D eigenvalue weighted by Gasteiger charge is 2.49. The molecule has 0 amide bonds. The van der Waals surface area contributed by atoms with Crippen molar-refractivity contribution in [2.75, 3.05) is 37.7 Å². The van der Waals surface area contributed by atoms with E-state index in [2.05, 4.69) is 70.6 Å². The lowest BCUT2D eigenvalue weighted by Crippen LogP contribution is -2.51. The molecule has 4 fully saturated rings. The number of anilines is 1. The van der Waals surface area contributed by atoms with Crippen molar-refractivity contribution in [1.82, 2.24) is 25.2 Å². The van der Waals surface area contributed by atoms with Crippen molar-refractivity contribution < 1.29 is 10.6 Å². The fraction of sp³-hybridized carbons (Fsp3) is 0.469. The largest absolute Gasteiger partial charge is 0.461 e. The predicted octanol–water partition coefficient (Wildman–Crippen LogP) is 5.30. The zero-order chi connectivity index (χ0) is 26.8. The molecule has 3 unspecified atom stereocenters. The molecule has 0 spiro atoms. The Labute approximate surface area is 235 Å². The Bertz CT molecular complexity index is 1600. The van der Waals surface area contributed by atoms with Crippen LogP contribution in [0, 0.1) is 6.92 Å². The van der Waals surface area contributed by atoms with Crippen molar-refractivity contribution in [3.63, 3.8) is 0 Å². The summed E-state index contributed by atoms with van der Waals surface area (Å²) < 4.78 is 20.8. The van der Waals surface area contributed by atoms with E-state index in [0.29, 0.717) is 43.3 Å². The highest BCUT2D eigenvalue weighted by atomic mass is 19.1. The summed E-state index contributed by atoms with van der Waals surface area (Å²) in [6, 6.07) is 18.3. The molecule has 0 aliphatic carbocycles. The van der Waals surface area contributed by atoms with E-state index >= 15 is 0 Å². The molecule has 4 aromatic rings. The zero-order valence-corrected chi connectivity index (χ0v) is 22.9. The normalized spacial score (nSPS) is 28.1. The molecule has 2 aromatic carbocycles. The van der Waals surface area contributed by atoms with Gasteiger partial charge in [0.25, 0.3) is 0 Å². The summed E-state index contributed by atoms with van der Waals surface area (Å²) in [5.74, 6) is 0.891. The highest BCUT2D eigenvalue weighted by Crippen LogP contribution is 2.41. The summed E-state index contributed by atoms with van der Waals surface area (Å²) in [5, 5.41) is 7.08. The number of fused-ring (bicyclic) bond motifs is 5. The van der Waals surface area contributed by atoms with E-state index in [1.54, 1.807) is 0 Å². The molecule has 40 heavy (non-hydrogen) atoms. The van der Waals surface area contributed by atoms with E-state index in [4.69, 9.17) is 19.7 Å². The number of aromatic nitrogens is 3. The van der Waals surface area contributed by atoms with E-state index in [9.17, 15) is 4.39 Å². The molecule has 2 bridgehead atoms. The van der Waals surface area contributed by atoms with Gasteiger partial charge >= 0.3 is 6.01 Å². The second-order valence-corrected chi connectivity index (χ2v) is 12.3. The summed E-state index contributed by atoms with van der Waals surface area (Å²) in [5.41, 5.74) is 3.61. The third-order valence-corrected chi connectivity index (χ3v) is 9.66. The number of piperazine rings is 1. The van der Waals surface area contributed by atoms with Crippen molar-refractivity contribution in [3.8, 4) is 17.3 Å². The first kappa shape index (κ1) is 24.4. The second-order valence-electron chi connectivity index (χ2n) is 12.3. The van der Waals surface area contributed by atoms with E-state index in [-0.39, 0.29) is 6.97 Å². The monoisotopic (exact) mass is 540 g/mol. The average molecular weight is 541 g/mol. The summed E-state index contributed by atoms with van der Waals surface area (Å²) in [4.78, 5) is 19.6. The van der Waals surface area contributed by atoms with Crippen LogP contribution in [0.4, 0.5) is 10.2 Å². The third kappa shape index (κ3) is 4.03. The minimum absolute atomic E-state index is 0. The van der Waals surface area contributed by atoms with Crippen LogP contribution in [0.15, 0.2) is 48.5 Å². The van der Waals surface area contributed by atoms with Gasteiger partial charge in [-0.1, -0.05) is 36.4 Å². The molecule has 6 heterocycles. The number of pyridine rings is 1. The Balaban J connectivity index is 0.00000276. The Morgan fingerprint density at radius 2 is 1.85 bits per heavy atom. The number of aryl methyl sites for hydroxylation is 1. The average Bonchev–Trinajstić information content (AvgIpc) is 3.61. The maximum absolute atomic E-state index is 14.4. The maximum Gasteiger partial charge on any atom is 0.320 e. The van der Waals surface area contributed by atoms with Gasteiger partial charge in [0, 0.05) is 45.1 Å². The molecule has 1 N–H and O–H groups in total. The van der Waals surface area contributed by atoms with Gasteiger partial charge in [-0.2, -0.15) is 9.97 Å². The van der Waals surface area contributed by atoms with Crippen LogP contribution >= 0.6 is 0 Å². The quantitative estimate of drug-likeness (QED) is 0.369. The SMILES string of the molecule is Cc1cccc2cccc(-c3ccc4c(N5CC6CCC(C5)N6)nc(OCC56CCCN5C[C@H](F)C6)nc4n3)c12.[HH]. The Hall–Kier alpha value is -3.36. The molecule has 0 radical (unpaired) electrons. The van der Waals surface area contributed by atoms with Crippen molar-refractivity contribution in [2.24, 2.45) is 0 Å².